The van der Waals surface area contributed by atoms with Crippen molar-refractivity contribution in [2.24, 2.45) is 0 Å². The van der Waals surface area contributed by atoms with E-state index in [-0.39, 0.29) is 5.56 Å². The number of carbonyl (C=O) groups is 1. The number of aryl methyl sites for hydroxylation is 2. The molecule has 23 heavy (non-hydrogen) atoms. The number of nitrogens with one attached hydrogen (secondary N) is 1. The minimum absolute atomic E-state index is 0.132. The molecule has 0 bridgehead atoms. The summed E-state index contributed by atoms with van der Waals surface area (Å²) in [6.07, 6.45) is 0. The van der Waals surface area contributed by atoms with Crippen molar-refractivity contribution in [3.05, 3.63) is 58.4 Å². The first kappa shape index (κ1) is 17.0. The molecule has 2 aromatic rings. The summed E-state index contributed by atoms with van der Waals surface area (Å²) in [5, 5.41) is 8.97. The van der Waals surface area contributed by atoms with E-state index in [2.05, 4.69) is 4.72 Å². The summed E-state index contributed by atoms with van der Waals surface area (Å²) in [6, 6.07) is 6.90. The van der Waals surface area contributed by atoms with Gasteiger partial charge in [0.05, 0.1) is 16.1 Å². The molecule has 0 fully saturated rings. The third-order valence-corrected chi connectivity index (χ3v) is 4.95. The summed E-state index contributed by atoms with van der Waals surface area (Å²) in [4.78, 5) is 10.6. The van der Waals surface area contributed by atoms with Crippen LogP contribution in [0.4, 0.5) is 10.1 Å². The minimum atomic E-state index is -4.11. The number of aromatic carboxylic acids is 1. The molecule has 2 rings (SSSR count). The normalized spacial score (nSPS) is 11.3. The van der Waals surface area contributed by atoms with Crippen molar-refractivity contribution < 1.29 is 22.7 Å². The van der Waals surface area contributed by atoms with Crippen molar-refractivity contribution >= 4 is 21.7 Å². The van der Waals surface area contributed by atoms with Gasteiger partial charge in [0.2, 0.25) is 0 Å². The highest BCUT2D eigenvalue weighted by Crippen LogP contribution is 2.25. The second-order valence-corrected chi connectivity index (χ2v) is 6.96. The van der Waals surface area contributed by atoms with Crippen LogP contribution in [0.5, 0.6) is 0 Å². The molecule has 0 amide bonds. The van der Waals surface area contributed by atoms with Crippen LogP contribution in [0.2, 0.25) is 0 Å². The highest BCUT2D eigenvalue weighted by Gasteiger charge is 2.22. The molecule has 0 radical (unpaired) electrons. The largest absolute Gasteiger partial charge is 0.478 e. The first-order chi connectivity index (χ1) is 10.6. The zero-order chi connectivity index (χ0) is 17.4. The molecular weight excluding hydrogens is 321 g/mol. The second-order valence-electron chi connectivity index (χ2n) is 5.31. The Morgan fingerprint density at radius 2 is 1.78 bits per heavy atom. The van der Waals surface area contributed by atoms with Gasteiger partial charge in [-0.3, -0.25) is 4.72 Å². The fraction of sp³-hybridized carbons (Fsp3) is 0.188. The molecule has 5 nitrogen and oxygen atoms in total. The Morgan fingerprint density at radius 1 is 1.13 bits per heavy atom. The monoisotopic (exact) mass is 337 g/mol. The summed E-state index contributed by atoms with van der Waals surface area (Å²) < 4.78 is 41.3. The molecule has 0 heterocycles. The molecule has 0 aliphatic heterocycles. The number of rotatable bonds is 4. The molecule has 0 aromatic heterocycles. The van der Waals surface area contributed by atoms with Gasteiger partial charge in [-0.25, -0.2) is 17.6 Å². The average Bonchev–Trinajstić information content (AvgIpc) is 2.44. The lowest BCUT2D eigenvalue weighted by atomic mass is 10.1. The molecule has 0 aliphatic rings. The van der Waals surface area contributed by atoms with Crippen molar-refractivity contribution in [1.82, 2.24) is 0 Å². The molecule has 0 saturated carbocycles. The topological polar surface area (TPSA) is 83.5 Å². The lowest BCUT2D eigenvalue weighted by Crippen LogP contribution is -2.17. The Bertz CT molecular complexity index is 891. The summed E-state index contributed by atoms with van der Waals surface area (Å²) in [5.41, 5.74) is 1.49. The molecule has 0 atom stereocenters. The van der Waals surface area contributed by atoms with E-state index in [1.165, 1.54) is 6.92 Å². The number of carboxylic acids is 1. The van der Waals surface area contributed by atoms with E-state index in [0.29, 0.717) is 11.3 Å². The Balaban J connectivity index is 2.53. The summed E-state index contributed by atoms with van der Waals surface area (Å²) in [5.74, 6) is -2.28. The van der Waals surface area contributed by atoms with E-state index < -0.39 is 32.3 Å². The second kappa shape index (κ2) is 6.00. The Morgan fingerprint density at radius 3 is 2.35 bits per heavy atom. The van der Waals surface area contributed by atoms with Crippen LogP contribution < -0.4 is 4.72 Å². The molecule has 0 saturated heterocycles. The van der Waals surface area contributed by atoms with Gasteiger partial charge in [-0.05, 0) is 44.5 Å². The molecular formula is C16H16FNO4S. The fourth-order valence-electron chi connectivity index (χ4n) is 2.18. The van der Waals surface area contributed by atoms with Crippen LogP contribution >= 0.6 is 0 Å². The zero-order valence-electron chi connectivity index (χ0n) is 12.8. The van der Waals surface area contributed by atoms with Crippen molar-refractivity contribution in [3.8, 4) is 0 Å². The molecule has 0 aliphatic carbocycles. The standard InChI is InChI=1S/C16H16FNO4S/c1-9-4-5-14(10(2)6-9)18-23(21,22)15-8-12(16(19)20)7-13(17)11(15)3/h4-8,18H,1-3H3,(H,19,20). The van der Waals surface area contributed by atoms with E-state index in [0.717, 1.165) is 17.7 Å². The van der Waals surface area contributed by atoms with Crippen molar-refractivity contribution in [3.63, 3.8) is 0 Å². The number of halogens is 1. The average molecular weight is 337 g/mol. The van der Waals surface area contributed by atoms with Gasteiger partial charge >= 0.3 is 5.97 Å². The van der Waals surface area contributed by atoms with Crippen molar-refractivity contribution in [2.45, 2.75) is 25.7 Å². The third kappa shape index (κ3) is 3.50. The maximum absolute atomic E-state index is 13.8. The van der Waals surface area contributed by atoms with E-state index in [4.69, 9.17) is 5.11 Å². The van der Waals surface area contributed by atoms with Crippen LogP contribution in [0.1, 0.15) is 27.0 Å². The van der Waals surface area contributed by atoms with Gasteiger partial charge in [0, 0.05) is 5.56 Å². The van der Waals surface area contributed by atoms with Gasteiger partial charge in [-0.1, -0.05) is 17.7 Å². The highest BCUT2D eigenvalue weighted by molar-refractivity contribution is 7.92. The summed E-state index contributed by atoms with van der Waals surface area (Å²) in [7, 11) is -4.11. The molecule has 7 heteroatoms. The van der Waals surface area contributed by atoms with Gasteiger partial charge in [0.15, 0.2) is 0 Å². The number of sulfonamides is 1. The highest BCUT2D eigenvalue weighted by atomic mass is 32.2. The van der Waals surface area contributed by atoms with Crippen LogP contribution in [0.15, 0.2) is 35.2 Å². The zero-order valence-corrected chi connectivity index (χ0v) is 13.7. The maximum atomic E-state index is 13.8. The van der Waals surface area contributed by atoms with Crippen LogP contribution in [-0.4, -0.2) is 19.5 Å². The summed E-state index contributed by atoms with van der Waals surface area (Å²) in [6.45, 7) is 4.91. The van der Waals surface area contributed by atoms with Crippen LogP contribution in [0.25, 0.3) is 0 Å². The van der Waals surface area contributed by atoms with Gasteiger partial charge in [-0.2, -0.15) is 0 Å². The number of carboxylic acid groups (broad SMARTS) is 1. The van der Waals surface area contributed by atoms with Gasteiger partial charge in [0.25, 0.3) is 10.0 Å². The Hall–Kier alpha value is -2.41. The quantitative estimate of drug-likeness (QED) is 0.897. The first-order valence-corrected chi connectivity index (χ1v) is 8.23. The minimum Gasteiger partial charge on any atom is -0.478 e. The van der Waals surface area contributed by atoms with Crippen LogP contribution in [0, 0.1) is 26.6 Å². The third-order valence-electron chi connectivity index (χ3n) is 3.46. The molecule has 0 spiro atoms. The maximum Gasteiger partial charge on any atom is 0.335 e. The van der Waals surface area contributed by atoms with Crippen molar-refractivity contribution in [1.29, 1.82) is 0 Å². The molecule has 2 aromatic carbocycles. The molecule has 2 N–H and O–H groups in total. The first-order valence-electron chi connectivity index (χ1n) is 6.75. The van der Waals surface area contributed by atoms with E-state index in [1.54, 1.807) is 25.1 Å². The number of anilines is 1. The number of hydrogen-bond donors (Lipinski definition) is 2. The SMILES string of the molecule is Cc1ccc(NS(=O)(=O)c2cc(C(=O)O)cc(F)c2C)c(C)c1. The number of benzene rings is 2. The molecule has 122 valence electrons. The Kier molecular flexibility index (Phi) is 4.42. The lowest BCUT2D eigenvalue weighted by molar-refractivity contribution is 0.0696. The van der Waals surface area contributed by atoms with Gasteiger partial charge < -0.3 is 5.11 Å². The predicted molar refractivity (Wildman–Crippen MR) is 84.8 cm³/mol. The van der Waals surface area contributed by atoms with E-state index in [9.17, 15) is 17.6 Å². The van der Waals surface area contributed by atoms with E-state index in [1.807, 2.05) is 6.92 Å². The van der Waals surface area contributed by atoms with Crippen LogP contribution in [0.3, 0.4) is 0 Å². The predicted octanol–water partition coefficient (Wildman–Crippen LogP) is 3.25. The Labute approximate surface area is 133 Å². The lowest BCUT2D eigenvalue weighted by Gasteiger charge is -2.14. The summed E-state index contributed by atoms with van der Waals surface area (Å²) >= 11 is 0. The van der Waals surface area contributed by atoms with Gasteiger partial charge in [0.1, 0.15) is 5.82 Å². The van der Waals surface area contributed by atoms with Gasteiger partial charge in [-0.15, -0.1) is 0 Å². The smallest absolute Gasteiger partial charge is 0.335 e. The van der Waals surface area contributed by atoms with Crippen LogP contribution in [-0.2, 0) is 10.0 Å². The van der Waals surface area contributed by atoms with Crippen molar-refractivity contribution in [2.75, 3.05) is 4.72 Å². The number of hydrogen-bond acceptors (Lipinski definition) is 3. The molecule has 0 unspecified atom stereocenters. The fourth-order valence-corrected chi connectivity index (χ4v) is 3.60. The van der Waals surface area contributed by atoms with E-state index >= 15 is 0 Å².